The molecular weight excluding hydrogens is 214 g/mol. The average Bonchev–Trinajstić information content (AvgIpc) is 2.26. The molecule has 0 atom stereocenters. The summed E-state index contributed by atoms with van der Waals surface area (Å²) in [7, 11) is 0. The largest absolute Gasteiger partial charge is 0.488 e. The second-order valence-electron chi connectivity index (χ2n) is 3.20. The maximum absolute atomic E-state index is 13.3. The summed E-state index contributed by atoms with van der Waals surface area (Å²) in [6, 6.07) is 4.20. The fourth-order valence-electron chi connectivity index (χ4n) is 1.19. The number of nitrogens with zero attached hydrogens (tertiary/aromatic N) is 1. The van der Waals surface area contributed by atoms with Crippen molar-refractivity contribution in [3.05, 3.63) is 29.3 Å². The van der Waals surface area contributed by atoms with Crippen LogP contribution in [0.25, 0.3) is 0 Å². The van der Waals surface area contributed by atoms with Crippen molar-refractivity contribution in [2.24, 2.45) is 5.73 Å². The molecule has 5 heteroatoms. The van der Waals surface area contributed by atoms with E-state index in [1.54, 1.807) is 0 Å². The van der Waals surface area contributed by atoms with E-state index in [4.69, 9.17) is 15.7 Å². The molecule has 0 unspecified atom stereocenters. The average molecular weight is 226 g/mol. The number of benzene rings is 1. The van der Waals surface area contributed by atoms with Gasteiger partial charge in [0.1, 0.15) is 0 Å². The molecule has 16 heavy (non-hydrogen) atoms. The van der Waals surface area contributed by atoms with Crippen molar-refractivity contribution in [1.29, 1.82) is 5.26 Å². The Morgan fingerprint density at radius 3 is 2.44 bits per heavy atom. The normalized spacial score (nSPS) is 9.88. The van der Waals surface area contributed by atoms with Gasteiger partial charge in [0.15, 0.2) is 17.4 Å². The van der Waals surface area contributed by atoms with Gasteiger partial charge in [-0.25, -0.2) is 8.78 Å². The van der Waals surface area contributed by atoms with Crippen LogP contribution in [0.2, 0.25) is 0 Å². The van der Waals surface area contributed by atoms with Crippen LogP contribution < -0.4 is 10.5 Å². The molecule has 86 valence electrons. The van der Waals surface area contributed by atoms with Crippen LogP contribution >= 0.6 is 0 Å². The number of hydrogen-bond acceptors (Lipinski definition) is 3. The molecule has 2 N–H and O–H groups in total. The predicted molar refractivity (Wildman–Crippen MR) is 54.6 cm³/mol. The predicted octanol–water partition coefficient (Wildman–Crippen LogP) is 2.11. The summed E-state index contributed by atoms with van der Waals surface area (Å²) in [5.41, 5.74) is 5.64. The molecule has 0 spiro atoms. The Labute approximate surface area is 92.4 Å². The summed E-state index contributed by atoms with van der Waals surface area (Å²) < 4.78 is 31.6. The lowest BCUT2D eigenvalue weighted by Gasteiger charge is -2.08. The first-order valence-electron chi connectivity index (χ1n) is 4.86. The van der Waals surface area contributed by atoms with Crippen molar-refractivity contribution in [3.8, 4) is 11.8 Å². The monoisotopic (exact) mass is 226 g/mol. The highest BCUT2D eigenvalue weighted by atomic mass is 19.1. The Kier molecular flexibility index (Phi) is 4.67. The number of nitriles is 1. The Balaban J connectivity index is 2.69. The topological polar surface area (TPSA) is 59.0 Å². The van der Waals surface area contributed by atoms with E-state index in [9.17, 15) is 8.78 Å². The van der Waals surface area contributed by atoms with Crippen LogP contribution in [-0.2, 0) is 6.54 Å². The van der Waals surface area contributed by atoms with Crippen LogP contribution in [0.1, 0.15) is 18.4 Å². The Morgan fingerprint density at radius 2 is 1.94 bits per heavy atom. The molecule has 1 rings (SSSR count). The first-order chi connectivity index (χ1) is 7.69. The quantitative estimate of drug-likeness (QED) is 0.782. The minimum absolute atomic E-state index is 0.0720. The van der Waals surface area contributed by atoms with E-state index >= 15 is 0 Å². The summed E-state index contributed by atoms with van der Waals surface area (Å²) >= 11 is 0. The summed E-state index contributed by atoms with van der Waals surface area (Å²) in [6.07, 6.45) is 0.734. The Bertz CT molecular complexity index is 378. The van der Waals surface area contributed by atoms with E-state index in [2.05, 4.69) is 0 Å². The van der Waals surface area contributed by atoms with Crippen molar-refractivity contribution in [2.45, 2.75) is 19.4 Å². The van der Waals surface area contributed by atoms with E-state index in [0.29, 0.717) is 18.4 Å². The maximum atomic E-state index is 13.3. The molecule has 0 aromatic heterocycles. The molecule has 1 aromatic carbocycles. The summed E-state index contributed by atoms with van der Waals surface area (Å²) in [5, 5.41) is 8.27. The Hall–Kier alpha value is -1.67. The van der Waals surface area contributed by atoms with Crippen molar-refractivity contribution in [1.82, 2.24) is 0 Å². The zero-order valence-electron chi connectivity index (χ0n) is 8.67. The van der Waals surface area contributed by atoms with Gasteiger partial charge in [-0.2, -0.15) is 5.26 Å². The van der Waals surface area contributed by atoms with E-state index in [1.165, 1.54) is 0 Å². The first kappa shape index (κ1) is 12.4. The minimum Gasteiger partial charge on any atom is -0.488 e. The molecule has 0 radical (unpaired) electrons. The van der Waals surface area contributed by atoms with Gasteiger partial charge in [-0.15, -0.1) is 0 Å². The highest BCUT2D eigenvalue weighted by Crippen LogP contribution is 2.23. The molecule has 0 saturated heterocycles. The number of hydrogen-bond donors (Lipinski definition) is 1. The number of halogens is 2. The van der Waals surface area contributed by atoms with Crippen molar-refractivity contribution in [2.75, 3.05) is 6.61 Å². The van der Waals surface area contributed by atoms with Crippen LogP contribution in [0.15, 0.2) is 12.1 Å². The van der Waals surface area contributed by atoms with Gasteiger partial charge in [-0.05, 0) is 24.1 Å². The molecule has 0 aliphatic heterocycles. The molecule has 1 aromatic rings. The second kappa shape index (κ2) is 6.03. The van der Waals surface area contributed by atoms with Crippen molar-refractivity contribution >= 4 is 0 Å². The van der Waals surface area contributed by atoms with Gasteiger partial charge in [0.25, 0.3) is 0 Å². The third kappa shape index (κ3) is 3.17. The van der Waals surface area contributed by atoms with Crippen molar-refractivity contribution < 1.29 is 13.5 Å². The summed E-state index contributed by atoms with van der Waals surface area (Å²) in [4.78, 5) is 0. The van der Waals surface area contributed by atoms with Gasteiger partial charge < -0.3 is 10.5 Å². The lowest BCUT2D eigenvalue weighted by Crippen LogP contribution is -2.04. The molecule has 0 amide bonds. The first-order valence-corrected chi connectivity index (χ1v) is 4.86. The fourth-order valence-corrected chi connectivity index (χ4v) is 1.19. The van der Waals surface area contributed by atoms with E-state index < -0.39 is 17.4 Å². The van der Waals surface area contributed by atoms with Crippen LogP contribution in [0.3, 0.4) is 0 Å². The SMILES string of the molecule is N#CCCCOc1c(F)cc(CN)cc1F. The maximum Gasteiger partial charge on any atom is 0.190 e. The highest BCUT2D eigenvalue weighted by molar-refractivity contribution is 5.31. The number of nitrogens with two attached hydrogens (primary N) is 1. The smallest absolute Gasteiger partial charge is 0.190 e. The van der Waals surface area contributed by atoms with E-state index in [1.807, 2.05) is 6.07 Å². The van der Waals surface area contributed by atoms with Gasteiger partial charge in [-0.1, -0.05) is 0 Å². The summed E-state index contributed by atoms with van der Waals surface area (Å²) in [5.74, 6) is -1.94. The van der Waals surface area contributed by atoms with Crippen molar-refractivity contribution in [3.63, 3.8) is 0 Å². The van der Waals surface area contributed by atoms with Crippen LogP contribution in [0.5, 0.6) is 5.75 Å². The molecule has 0 aliphatic carbocycles. The summed E-state index contributed by atoms with van der Waals surface area (Å²) in [6.45, 7) is 0.186. The zero-order chi connectivity index (χ0) is 12.0. The molecule has 0 heterocycles. The molecule has 0 fully saturated rings. The van der Waals surface area contributed by atoms with Crippen LogP contribution in [0, 0.1) is 23.0 Å². The van der Waals surface area contributed by atoms with E-state index in [0.717, 1.165) is 12.1 Å². The minimum atomic E-state index is -0.766. The van der Waals surface area contributed by atoms with E-state index in [-0.39, 0.29) is 13.2 Å². The number of rotatable bonds is 5. The van der Waals surface area contributed by atoms with Gasteiger partial charge >= 0.3 is 0 Å². The van der Waals surface area contributed by atoms with Crippen LogP contribution in [-0.4, -0.2) is 6.61 Å². The lowest BCUT2D eigenvalue weighted by molar-refractivity contribution is 0.281. The van der Waals surface area contributed by atoms with Crippen LogP contribution in [0.4, 0.5) is 8.78 Å². The molecular formula is C11H12F2N2O. The number of ether oxygens (including phenoxy) is 1. The van der Waals surface area contributed by atoms with Gasteiger partial charge in [0, 0.05) is 13.0 Å². The fraction of sp³-hybridized carbons (Fsp3) is 0.364. The van der Waals surface area contributed by atoms with Gasteiger partial charge in [-0.3, -0.25) is 0 Å². The molecule has 3 nitrogen and oxygen atoms in total. The molecule has 0 bridgehead atoms. The third-order valence-corrected chi connectivity index (χ3v) is 1.97. The standard InChI is InChI=1S/C11H12F2N2O/c12-9-5-8(7-15)6-10(13)11(9)16-4-2-1-3-14/h5-6H,1-2,4,7,15H2. The van der Waals surface area contributed by atoms with Gasteiger partial charge in [0.2, 0.25) is 0 Å². The lowest BCUT2D eigenvalue weighted by atomic mass is 10.2. The zero-order valence-corrected chi connectivity index (χ0v) is 8.67. The second-order valence-corrected chi connectivity index (χ2v) is 3.20. The van der Waals surface area contributed by atoms with Gasteiger partial charge in [0.05, 0.1) is 12.7 Å². The molecule has 0 aliphatic rings. The third-order valence-electron chi connectivity index (χ3n) is 1.97. The molecule has 0 saturated carbocycles. The highest BCUT2D eigenvalue weighted by Gasteiger charge is 2.11. The Morgan fingerprint density at radius 1 is 1.31 bits per heavy atom. The number of unbranched alkanes of at least 4 members (excludes halogenated alkanes) is 1.